The fourth-order valence-corrected chi connectivity index (χ4v) is 0.243. The minimum absolute atomic E-state index is 0.451. The van der Waals surface area contributed by atoms with Crippen LogP contribution in [0, 0.1) is 0 Å². The van der Waals surface area contributed by atoms with Gasteiger partial charge in [-0.3, -0.25) is 14.8 Å². The Bertz CT molecular complexity index is 108. The predicted octanol–water partition coefficient (Wildman–Crippen LogP) is -0.945. The first kappa shape index (κ1) is 7.90. The molecule has 0 rings (SSSR count). The number of ether oxygens (including phenoxy) is 1. The molecule has 0 aliphatic carbocycles. The number of hydrogen-bond donors (Lipinski definition) is 2. The van der Waals surface area contributed by atoms with Crippen molar-refractivity contribution in [3.8, 4) is 0 Å². The first-order valence-electron chi connectivity index (χ1n) is 2.20. The molecule has 52 valence electrons. The molecule has 0 saturated carbocycles. The van der Waals surface area contributed by atoms with Gasteiger partial charge in [-0.05, 0) is 0 Å². The van der Waals surface area contributed by atoms with E-state index in [0.29, 0.717) is 0 Å². The number of carbonyl (C=O) groups excluding carboxylic acids is 2. The number of rotatable bonds is 2. The summed E-state index contributed by atoms with van der Waals surface area (Å²) in [5.41, 5.74) is 1.29. The average molecular weight is 133 g/mol. The van der Waals surface area contributed by atoms with Crippen LogP contribution in [0.15, 0.2) is 0 Å². The average Bonchev–Trinajstić information content (AvgIpc) is 1.87. The van der Waals surface area contributed by atoms with Gasteiger partial charge in [0.25, 0.3) is 5.91 Å². The van der Waals surface area contributed by atoms with Crippen LogP contribution in [0.2, 0.25) is 0 Å². The number of esters is 1. The highest BCUT2D eigenvalue weighted by molar-refractivity contribution is 5.93. The first-order valence-corrected chi connectivity index (χ1v) is 2.20. The van der Waals surface area contributed by atoms with E-state index in [1.165, 1.54) is 5.48 Å². The zero-order valence-electron chi connectivity index (χ0n) is 4.88. The summed E-state index contributed by atoms with van der Waals surface area (Å²) < 4.78 is 4.11. The zero-order chi connectivity index (χ0) is 7.28. The van der Waals surface area contributed by atoms with Crippen molar-refractivity contribution in [3.05, 3.63) is 0 Å². The van der Waals surface area contributed by atoms with E-state index in [4.69, 9.17) is 5.21 Å². The SMILES string of the molecule is COC(=O)CC(=O)NO. The summed E-state index contributed by atoms with van der Waals surface area (Å²) >= 11 is 0. The third-order valence-electron chi connectivity index (χ3n) is 0.657. The molecule has 0 aromatic heterocycles. The van der Waals surface area contributed by atoms with Gasteiger partial charge in [-0.15, -0.1) is 0 Å². The van der Waals surface area contributed by atoms with Gasteiger partial charge in [0.05, 0.1) is 7.11 Å². The van der Waals surface area contributed by atoms with Gasteiger partial charge < -0.3 is 4.74 Å². The third kappa shape index (κ3) is 3.48. The second-order valence-corrected chi connectivity index (χ2v) is 1.29. The second-order valence-electron chi connectivity index (χ2n) is 1.29. The van der Waals surface area contributed by atoms with Crippen LogP contribution in [0.1, 0.15) is 6.42 Å². The summed E-state index contributed by atoms with van der Waals surface area (Å²) in [7, 11) is 1.16. The summed E-state index contributed by atoms with van der Waals surface area (Å²) in [5, 5.41) is 7.87. The molecule has 2 N–H and O–H groups in total. The molecule has 5 heteroatoms. The maximum atomic E-state index is 10.2. The fraction of sp³-hybridized carbons (Fsp3) is 0.500. The number of hydroxylamine groups is 1. The van der Waals surface area contributed by atoms with Gasteiger partial charge in [0, 0.05) is 0 Å². The largest absolute Gasteiger partial charge is 0.469 e. The van der Waals surface area contributed by atoms with E-state index in [-0.39, 0.29) is 0 Å². The van der Waals surface area contributed by atoms with Crippen molar-refractivity contribution < 1.29 is 19.5 Å². The van der Waals surface area contributed by atoms with Crippen molar-refractivity contribution >= 4 is 11.9 Å². The van der Waals surface area contributed by atoms with Crippen LogP contribution in [-0.2, 0) is 14.3 Å². The van der Waals surface area contributed by atoms with Gasteiger partial charge in [0.2, 0.25) is 0 Å². The molecule has 0 heterocycles. The molecule has 0 aliphatic rings. The van der Waals surface area contributed by atoms with Gasteiger partial charge in [-0.25, -0.2) is 5.48 Å². The van der Waals surface area contributed by atoms with Gasteiger partial charge >= 0.3 is 5.97 Å². The van der Waals surface area contributed by atoms with Gasteiger partial charge in [-0.1, -0.05) is 0 Å². The molecule has 0 saturated heterocycles. The molecule has 1 amide bonds. The Kier molecular flexibility index (Phi) is 3.38. The topological polar surface area (TPSA) is 75.6 Å². The second kappa shape index (κ2) is 3.85. The molecule has 9 heavy (non-hydrogen) atoms. The van der Waals surface area contributed by atoms with Gasteiger partial charge in [0.1, 0.15) is 6.42 Å². The highest BCUT2D eigenvalue weighted by atomic mass is 16.5. The highest BCUT2D eigenvalue weighted by Gasteiger charge is 2.06. The molecule has 0 aromatic carbocycles. The first-order chi connectivity index (χ1) is 4.20. The summed E-state index contributed by atoms with van der Waals surface area (Å²) in [6.07, 6.45) is -0.451. The summed E-state index contributed by atoms with van der Waals surface area (Å²) in [4.78, 5) is 20.3. The van der Waals surface area contributed by atoms with Crippen LogP contribution in [0.5, 0.6) is 0 Å². The van der Waals surface area contributed by atoms with Crippen molar-refractivity contribution in [1.82, 2.24) is 5.48 Å². The molecule has 0 aromatic rings. The minimum Gasteiger partial charge on any atom is -0.469 e. The molecule has 0 fully saturated rings. The van der Waals surface area contributed by atoms with Gasteiger partial charge in [0.15, 0.2) is 0 Å². The number of nitrogens with one attached hydrogen (secondary N) is 1. The quantitative estimate of drug-likeness (QED) is 0.220. The lowest BCUT2D eigenvalue weighted by molar-refractivity contribution is -0.146. The summed E-state index contributed by atoms with van der Waals surface area (Å²) in [5.74, 6) is -1.46. The van der Waals surface area contributed by atoms with E-state index in [0.717, 1.165) is 7.11 Å². The number of amides is 1. The van der Waals surface area contributed by atoms with Crippen LogP contribution >= 0.6 is 0 Å². The van der Waals surface area contributed by atoms with E-state index >= 15 is 0 Å². The molecule has 0 spiro atoms. The van der Waals surface area contributed by atoms with Crippen molar-refractivity contribution in [3.63, 3.8) is 0 Å². The minimum atomic E-state index is -0.776. The summed E-state index contributed by atoms with van der Waals surface area (Å²) in [6.45, 7) is 0. The normalized spacial score (nSPS) is 8.22. The van der Waals surface area contributed by atoms with E-state index < -0.39 is 18.3 Å². The van der Waals surface area contributed by atoms with Crippen LogP contribution in [0.4, 0.5) is 0 Å². The number of methoxy groups -OCH3 is 1. The van der Waals surface area contributed by atoms with E-state index in [1.54, 1.807) is 0 Å². The molecular formula is C4H7NO4. The Morgan fingerprint density at radius 2 is 2.22 bits per heavy atom. The molecular weight excluding hydrogens is 126 g/mol. The lowest BCUT2D eigenvalue weighted by atomic mass is 10.4. The molecule has 0 atom stereocenters. The summed E-state index contributed by atoms with van der Waals surface area (Å²) in [6, 6.07) is 0. The van der Waals surface area contributed by atoms with Gasteiger partial charge in [-0.2, -0.15) is 0 Å². The van der Waals surface area contributed by atoms with Crippen LogP contribution < -0.4 is 5.48 Å². The Morgan fingerprint density at radius 3 is 2.56 bits per heavy atom. The molecule has 0 radical (unpaired) electrons. The molecule has 0 unspecified atom stereocenters. The Morgan fingerprint density at radius 1 is 1.67 bits per heavy atom. The maximum absolute atomic E-state index is 10.2. The fourth-order valence-electron chi connectivity index (χ4n) is 0.243. The Labute approximate surface area is 51.6 Å². The van der Waals surface area contributed by atoms with Crippen LogP contribution in [0.3, 0.4) is 0 Å². The molecule has 0 aliphatic heterocycles. The zero-order valence-corrected chi connectivity index (χ0v) is 4.88. The van der Waals surface area contributed by atoms with Crippen LogP contribution in [-0.4, -0.2) is 24.2 Å². The predicted molar refractivity (Wildman–Crippen MR) is 26.6 cm³/mol. The van der Waals surface area contributed by atoms with E-state index in [9.17, 15) is 9.59 Å². The van der Waals surface area contributed by atoms with Crippen LogP contribution in [0.25, 0.3) is 0 Å². The lowest BCUT2D eigenvalue weighted by Gasteiger charge is -1.94. The Hall–Kier alpha value is -1.10. The van der Waals surface area contributed by atoms with E-state index in [1.807, 2.05) is 0 Å². The maximum Gasteiger partial charge on any atom is 0.315 e. The van der Waals surface area contributed by atoms with Crippen molar-refractivity contribution in [2.75, 3.05) is 7.11 Å². The van der Waals surface area contributed by atoms with Crippen molar-refractivity contribution in [1.29, 1.82) is 0 Å². The lowest BCUT2D eigenvalue weighted by Crippen LogP contribution is -2.22. The standard InChI is InChI=1S/C4H7NO4/c1-9-4(7)2-3(6)5-8/h8H,2H2,1H3,(H,5,6). The smallest absolute Gasteiger partial charge is 0.315 e. The molecule has 0 bridgehead atoms. The van der Waals surface area contributed by atoms with Crippen molar-refractivity contribution in [2.24, 2.45) is 0 Å². The Balaban J connectivity index is 3.47. The number of hydrogen-bond acceptors (Lipinski definition) is 4. The highest BCUT2D eigenvalue weighted by Crippen LogP contribution is 1.81. The number of carbonyl (C=O) groups is 2. The monoisotopic (exact) mass is 133 g/mol. The van der Waals surface area contributed by atoms with E-state index in [2.05, 4.69) is 4.74 Å². The third-order valence-corrected chi connectivity index (χ3v) is 0.657. The molecule has 5 nitrogen and oxygen atoms in total. The van der Waals surface area contributed by atoms with Crippen molar-refractivity contribution in [2.45, 2.75) is 6.42 Å².